The number of aromatic nitrogens is 2. The van der Waals surface area contributed by atoms with Crippen LogP contribution < -0.4 is 5.56 Å². The first-order valence-electron chi connectivity index (χ1n) is 7.51. The van der Waals surface area contributed by atoms with Gasteiger partial charge in [0, 0.05) is 11.8 Å². The fourth-order valence-corrected chi connectivity index (χ4v) is 2.93. The Hall–Kier alpha value is -0.950. The Morgan fingerprint density at radius 1 is 1.41 bits per heavy atom. The molecule has 0 bridgehead atoms. The van der Waals surface area contributed by atoms with E-state index in [1.54, 1.807) is 11.8 Å². The predicted molar refractivity (Wildman–Crippen MR) is 92.5 cm³/mol. The molecule has 5 nitrogen and oxygen atoms in total. The number of unbranched alkanes of at least 4 members (excludes halogenated alkanes) is 2. The van der Waals surface area contributed by atoms with Crippen LogP contribution in [0.4, 0.5) is 0 Å². The van der Waals surface area contributed by atoms with Crippen LogP contribution in [0.1, 0.15) is 45.7 Å². The standard InChI is InChI=1S/C15H24N2O3S2/c1-4-5-6-7-20-14(19)10-22-15-16-12(8-13(18)17-15)9-21-11(2)3/h8,11H,4-7,9-10H2,1-3H3,(H,16,17,18). The number of carbonyl (C=O) groups is 1. The van der Waals surface area contributed by atoms with Crippen LogP contribution in [-0.2, 0) is 15.3 Å². The molecule has 124 valence electrons. The topological polar surface area (TPSA) is 72.0 Å². The summed E-state index contributed by atoms with van der Waals surface area (Å²) in [7, 11) is 0. The lowest BCUT2D eigenvalue weighted by Gasteiger charge is -2.06. The molecule has 0 unspecified atom stereocenters. The molecule has 1 heterocycles. The van der Waals surface area contributed by atoms with Crippen molar-refractivity contribution in [3.63, 3.8) is 0 Å². The quantitative estimate of drug-likeness (QED) is 0.304. The second-order valence-electron chi connectivity index (χ2n) is 5.12. The van der Waals surface area contributed by atoms with Gasteiger partial charge in [-0.25, -0.2) is 4.98 Å². The Morgan fingerprint density at radius 2 is 2.18 bits per heavy atom. The normalized spacial score (nSPS) is 10.9. The minimum Gasteiger partial charge on any atom is -0.465 e. The van der Waals surface area contributed by atoms with Crippen molar-refractivity contribution in [2.24, 2.45) is 0 Å². The maximum absolute atomic E-state index is 11.6. The highest BCUT2D eigenvalue weighted by molar-refractivity contribution is 7.99. The Kier molecular flexibility index (Phi) is 9.31. The van der Waals surface area contributed by atoms with E-state index in [1.165, 1.54) is 17.8 Å². The molecule has 22 heavy (non-hydrogen) atoms. The summed E-state index contributed by atoms with van der Waals surface area (Å²) in [5, 5.41) is 0.952. The minimum absolute atomic E-state index is 0.163. The predicted octanol–water partition coefficient (Wildman–Crippen LogP) is 3.24. The smallest absolute Gasteiger partial charge is 0.316 e. The summed E-state index contributed by atoms with van der Waals surface area (Å²) in [5.74, 6) is 0.581. The summed E-state index contributed by atoms with van der Waals surface area (Å²) >= 11 is 2.93. The number of esters is 1. The van der Waals surface area contributed by atoms with Gasteiger partial charge in [-0.05, 0) is 11.7 Å². The summed E-state index contributed by atoms with van der Waals surface area (Å²) in [4.78, 5) is 30.2. The van der Waals surface area contributed by atoms with Crippen molar-refractivity contribution in [3.8, 4) is 0 Å². The molecule has 0 radical (unpaired) electrons. The van der Waals surface area contributed by atoms with E-state index in [2.05, 4.69) is 30.7 Å². The number of thioether (sulfide) groups is 2. The van der Waals surface area contributed by atoms with Gasteiger partial charge in [0.05, 0.1) is 18.1 Å². The van der Waals surface area contributed by atoms with Crippen LogP contribution in [0, 0.1) is 0 Å². The summed E-state index contributed by atoms with van der Waals surface area (Å²) in [6, 6.07) is 1.50. The summed E-state index contributed by atoms with van der Waals surface area (Å²) in [6.07, 6.45) is 3.05. The molecule has 1 N–H and O–H groups in total. The van der Waals surface area contributed by atoms with E-state index < -0.39 is 0 Å². The van der Waals surface area contributed by atoms with Gasteiger partial charge in [-0.15, -0.1) is 0 Å². The zero-order valence-corrected chi connectivity index (χ0v) is 15.0. The van der Waals surface area contributed by atoms with Crippen LogP contribution in [0.25, 0.3) is 0 Å². The van der Waals surface area contributed by atoms with Crippen LogP contribution >= 0.6 is 23.5 Å². The fourth-order valence-electron chi connectivity index (χ4n) is 1.58. The van der Waals surface area contributed by atoms with Gasteiger partial charge in [-0.1, -0.05) is 45.4 Å². The number of nitrogens with one attached hydrogen (secondary N) is 1. The van der Waals surface area contributed by atoms with E-state index in [0.29, 0.717) is 22.8 Å². The minimum atomic E-state index is -0.272. The monoisotopic (exact) mass is 344 g/mol. The SMILES string of the molecule is CCCCCOC(=O)CSc1nc(CSC(C)C)cc(=O)[nH]1. The molecule has 0 aliphatic rings. The molecule has 0 spiro atoms. The lowest BCUT2D eigenvalue weighted by molar-refractivity contribution is -0.140. The summed E-state index contributed by atoms with van der Waals surface area (Å²) < 4.78 is 5.12. The number of nitrogens with zero attached hydrogens (tertiary/aromatic N) is 1. The van der Waals surface area contributed by atoms with Crippen LogP contribution in [-0.4, -0.2) is 33.5 Å². The molecule has 0 saturated carbocycles. The van der Waals surface area contributed by atoms with Crippen LogP contribution in [0.2, 0.25) is 0 Å². The van der Waals surface area contributed by atoms with E-state index in [1.807, 2.05) is 0 Å². The van der Waals surface area contributed by atoms with Crippen molar-refractivity contribution in [2.75, 3.05) is 12.4 Å². The van der Waals surface area contributed by atoms with Crippen LogP contribution in [0.15, 0.2) is 16.0 Å². The third kappa shape index (κ3) is 8.48. The molecule has 7 heteroatoms. The third-order valence-electron chi connectivity index (χ3n) is 2.68. The van der Waals surface area contributed by atoms with Gasteiger partial charge in [-0.3, -0.25) is 9.59 Å². The van der Waals surface area contributed by atoms with E-state index in [9.17, 15) is 9.59 Å². The Morgan fingerprint density at radius 3 is 2.86 bits per heavy atom. The number of hydrogen-bond acceptors (Lipinski definition) is 6. The largest absolute Gasteiger partial charge is 0.465 e. The molecular weight excluding hydrogens is 320 g/mol. The number of H-pyrrole nitrogens is 1. The van der Waals surface area contributed by atoms with Gasteiger partial charge in [-0.2, -0.15) is 11.8 Å². The molecule has 1 rings (SSSR count). The number of rotatable bonds is 10. The molecule has 0 aliphatic carbocycles. The van der Waals surface area contributed by atoms with Crippen molar-refractivity contribution in [2.45, 2.75) is 56.2 Å². The van der Waals surface area contributed by atoms with Gasteiger partial charge in [0.1, 0.15) is 0 Å². The lowest BCUT2D eigenvalue weighted by Crippen LogP contribution is -2.12. The molecule has 0 atom stereocenters. The van der Waals surface area contributed by atoms with Crippen molar-refractivity contribution in [1.29, 1.82) is 0 Å². The first kappa shape index (κ1) is 19.1. The lowest BCUT2D eigenvalue weighted by atomic mass is 10.3. The number of carbonyl (C=O) groups excluding carboxylic acids is 1. The van der Waals surface area contributed by atoms with E-state index >= 15 is 0 Å². The third-order valence-corrected chi connectivity index (χ3v) is 4.65. The van der Waals surface area contributed by atoms with Gasteiger partial charge in [0.25, 0.3) is 5.56 Å². The van der Waals surface area contributed by atoms with Gasteiger partial charge >= 0.3 is 5.97 Å². The van der Waals surface area contributed by atoms with Crippen molar-refractivity contribution >= 4 is 29.5 Å². The van der Waals surface area contributed by atoms with Crippen LogP contribution in [0.5, 0.6) is 0 Å². The maximum atomic E-state index is 11.6. The second kappa shape index (κ2) is 10.7. The van der Waals surface area contributed by atoms with E-state index in [0.717, 1.165) is 25.0 Å². The molecule has 0 aromatic carbocycles. The highest BCUT2D eigenvalue weighted by Gasteiger charge is 2.08. The van der Waals surface area contributed by atoms with Crippen molar-refractivity contribution in [1.82, 2.24) is 9.97 Å². The first-order chi connectivity index (χ1) is 10.5. The van der Waals surface area contributed by atoms with Gasteiger partial charge in [0.2, 0.25) is 0 Å². The van der Waals surface area contributed by atoms with Crippen LogP contribution in [0.3, 0.4) is 0 Å². The Balaban J connectivity index is 2.44. The van der Waals surface area contributed by atoms with E-state index in [4.69, 9.17) is 4.74 Å². The van der Waals surface area contributed by atoms with E-state index in [-0.39, 0.29) is 17.3 Å². The van der Waals surface area contributed by atoms with Gasteiger partial charge < -0.3 is 9.72 Å². The molecule has 0 aliphatic heterocycles. The summed E-state index contributed by atoms with van der Waals surface area (Å²) in [5.41, 5.74) is 0.550. The Bertz CT molecular complexity index is 518. The summed E-state index contributed by atoms with van der Waals surface area (Å²) in [6.45, 7) is 6.76. The molecule has 1 aromatic heterocycles. The zero-order chi connectivity index (χ0) is 16.4. The van der Waals surface area contributed by atoms with Gasteiger partial charge in [0.15, 0.2) is 5.16 Å². The molecule has 0 fully saturated rings. The van der Waals surface area contributed by atoms with Crippen molar-refractivity contribution in [3.05, 3.63) is 22.1 Å². The highest BCUT2D eigenvalue weighted by atomic mass is 32.2. The van der Waals surface area contributed by atoms with Crippen molar-refractivity contribution < 1.29 is 9.53 Å². The molecule has 0 amide bonds. The average molecular weight is 345 g/mol. The fraction of sp³-hybridized carbons (Fsp3) is 0.667. The average Bonchev–Trinajstić information content (AvgIpc) is 2.47. The maximum Gasteiger partial charge on any atom is 0.316 e. The molecule has 1 aromatic rings. The second-order valence-corrected chi connectivity index (χ2v) is 7.65. The number of ether oxygens (including phenoxy) is 1. The molecular formula is C15H24N2O3S2. The number of aromatic amines is 1. The Labute approximate surface area is 140 Å². The molecule has 0 saturated heterocycles. The first-order valence-corrected chi connectivity index (χ1v) is 9.55. The highest BCUT2D eigenvalue weighted by Crippen LogP contribution is 2.17. The zero-order valence-electron chi connectivity index (χ0n) is 13.4. The number of hydrogen-bond donors (Lipinski definition) is 1.